The predicted molar refractivity (Wildman–Crippen MR) is 66.0 cm³/mol. The molecule has 1 aromatic carbocycles. The Hall–Kier alpha value is -0.700. The second-order valence-electron chi connectivity index (χ2n) is 4.12. The molecule has 0 heterocycles. The number of benzene rings is 1. The van der Waals surface area contributed by atoms with Crippen LogP contribution in [0.15, 0.2) is 22.7 Å². The largest absolute Gasteiger partial charge is 0.492 e. The van der Waals surface area contributed by atoms with Crippen LogP contribution in [-0.2, 0) is 0 Å². The molecule has 82 valence electrons. The van der Waals surface area contributed by atoms with Crippen molar-refractivity contribution in [3.05, 3.63) is 22.7 Å². The van der Waals surface area contributed by atoms with E-state index in [0.29, 0.717) is 0 Å². The molecular formula is C12H16BrNO. The Kier molecular flexibility index (Phi) is 3.52. The smallest absolute Gasteiger partial charge is 0.133 e. The monoisotopic (exact) mass is 269 g/mol. The molecule has 2 nitrogen and oxygen atoms in total. The number of hydrogen-bond acceptors (Lipinski definition) is 2. The third-order valence-electron chi connectivity index (χ3n) is 2.96. The third-order valence-corrected chi connectivity index (χ3v) is 3.58. The van der Waals surface area contributed by atoms with E-state index in [1.165, 1.54) is 25.7 Å². The Morgan fingerprint density at radius 2 is 2.20 bits per heavy atom. The fraction of sp³-hybridized carbons (Fsp3) is 0.500. The highest BCUT2D eigenvalue weighted by Crippen LogP contribution is 2.31. The Balaban J connectivity index is 1.81. The lowest BCUT2D eigenvalue weighted by molar-refractivity contribution is 0.221. The van der Waals surface area contributed by atoms with Crippen LogP contribution in [0.4, 0.5) is 5.69 Å². The van der Waals surface area contributed by atoms with E-state index in [2.05, 4.69) is 15.9 Å². The average molecular weight is 270 g/mol. The van der Waals surface area contributed by atoms with Gasteiger partial charge in [0.05, 0.1) is 11.1 Å². The lowest BCUT2D eigenvalue weighted by atomic mass is 9.83. The van der Waals surface area contributed by atoms with E-state index >= 15 is 0 Å². The highest BCUT2D eigenvalue weighted by atomic mass is 79.9. The van der Waals surface area contributed by atoms with Gasteiger partial charge >= 0.3 is 0 Å². The maximum atomic E-state index is 5.70. The normalized spacial score (nSPS) is 16.1. The van der Waals surface area contributed by atoms with E-state index in [1.54, 1.807) is 0 Å². The Morgan fingerprint density at radius 3 is 2.80 bits per heavy atom. The van der Waals surface area contributed by atoms with Crippen molar-refractivity contribution in [2.24, 2.45) is 5.92 Å². The third kappa shape index (κ3) is 2.88. The molecule has 1 aliphatic carbocycles. The number of anilines is 1. The van der Waals surface area contributed by atoms with E-state index in [0.717, 1.165) is 28.4 Å². The van der Waals surface area contributed by atoms with Crippen LogP contribution in [0.1, 0.15) is 25.7 Å². The van der Waals surface area contributed by atoms with Gasteiger partial charge in [-0.15, -0.1) is 0 Å². The highest BCUT2D eigenvalue weighted by Gasteiger charge is 2.16. The van der Waals surface area contributed by atoms with Crippen LogP contribution >= 0.6 is 15.9 Å². The maximum Gasteiger partial charge on any atom is 0.133 e. The van der Waals surface area contributed by atoms with E-state index in [-0.39, 0.29) is 0 Å². The summed E-state index contributed by atoms with van der Waals surface area (Å²) in [4.78, 5) is 0. The number of rotatable bonds is 4. The van der Waals surface area contributed by atoms with E-state index in [1.807, 2.05) is 18.2 Å². The van der Waals surface area contributed by atoms with Crippen LogP contribution in [0.3, 0.4) is 0 Å². The van der Waals surface area contributed by atoms with Gasteiger partial charge in [0.1, 0.15) is 5.75 Å². The summed E-state index contributed by atoms with van der Waals surface area (Å²) in [5, 5.41) is 0. The molecule has 1 saturated carbocycles. The molecule has 15 heavy (non-hydrogen) atoms. The van der Waals surface area contributed by atoms with Gasteiger partial charge in [-0.1, -0.05) is 19.3 Å². The first-order valence-electron chi connectivity index (χ1n) is 5.43. The molecule has 0 aliphatic heterocycles. The quantitative estimate of drug-likeness (QED) is 0.848. The minimum Gasteiger partial charge on any atom is -0.492 e. The van der Waals surface area contributed by atoms with Crippen LogP contribution in [0.25, 0.3) is 0 Å². The van der Waals surface area contributed by atoms with Gasteiger partial charge in [0.2, 0.25) is 0 Å². The molecule has 2 N–H and O–H groups in total. The number of hydrogen-bond donors (Lipinski definition) is 1. The van der Waals surface area contributed by atoms with Crippen LogP contribution < -0.4 is 10.5 Å². The van der Waals surface area contributed by atoms with Gasteiger partial charge in [0, 0.05) is 5.69 Å². The van der Waals surface area contributed by atoms with Gasteiger partial charge in [0.15, 0.2) is 0 Å². The summed E-state index contributed by atoms with van der Waals surface area (Å²) in [5.41, 5.74) is 6.41. The molecule has 0 atom stereocenters. The molecular weight excluding hydrogens is 254 g/mol. The standard InChI is InChI=1S/C12H16BrNO/c13-11-8-10(14)4-5-12(11)15-7-6-9-2-1-3-9/h4-5,8-9H,1-3,6-7,14H2. The van der Waals surface area contributed by atoms with E-state index < -0.39 is 0 Å². The molecule has 0 amide bonds. The summed E-state index contributed by atoms with van der Waals surface area (Å²) in [6.07, 6.45) is 5.34. The summed E-state index contributed by atoms with van der Waals surface area (Å²) < 4.78 is 6.64. The fourth-order valence-corrected chi connectivity index (χ4v) is 2.26. The highest BCUT2D eigenvalue weighted by molar-refractivity contribution is 9.10. The molecule has 0 spiro atoms. The van der Waals surface area contributed by atoms with Gasteiger partial charge in [-0.2, -0.15) is 0 Å². The Labute approximate surface area is 98.9 Å². The molecule has 0 unspecified atom stereocenters. The summed E-state index contributed by atoms with van der Waals surface area (Å²) >= 11 is 3.44. The van der Waals surface area contributed by atoms with Crippen molar-refractivity contribution in [1.82, 2.24) is 0 Å². The summed E-state index contributed by atoms with van der Waals surface area (Å²) in [6.45, 7) is 0.813. The number of nitrogen functional groups attached to an aromatic ring is 1. The molecule has 0 radical (unpaired) electrons. The summed E-state index contributed by atoms with van der Waals surface area (Å²) in [6, 6.07) is 5.66. The lowest BCUT2D eigenvalue weighted by Crippen LogP contribution is -2.14. The van der Waals surface area contributed by atoms with Crippen molar-refractivity contribution in [3.8, 4) is 5.75 Å². The van der Waals surface area contributed by atoms with Gasteiger partial charge in [-0.05, 0) is 46.5 Å². The van der Waals surface area contributed by atoms with E-state index in [4.69, 9.17) is 10.5 Å². The van der Waals surface area contributed by atoms with Gasteiger partial charge < -0.3 is 10.5 Å². The zero-order valence-electron chi connectivity index (χ0n) is 8.71. The lowest BCUT2D eigenvalue weighted by Gasteiger charge is -2.25. The number of halogens is 1. The van der Waals surface area contributed by atoms with Crippen molar-refractivity contribution in [2.45, 2.75) is 25.7 Å². The maximum absolute atomic E-state index is 5.70. The van der Waals surface area contributed by atoms with Crippen LogP contribution in [-0.4, -0.2) is 6.61 Å². The zero-order chi connectivity index (χ0) is 10.7. The Morgan fingerprint density at radius 1 is 1.40 bits per heavy atom. The van der Waals surface area contributed by atoms with Crippen molar-refractivity contribution in [1.29, 1.82) is 0 Å². The molecule has 3 heteroatoms. The number of ether oxygens (including phenoxy) is 1. The SMILES string of the molecule is Nc1ccc(OCCC2CCC2)c(Br)c1. The van der Waals surface area contributed by atoms with Crippen LogP contribution in [0, 0.1) is 5.92 Å². The van der Waals surface area contributed by atoms with Crippen molar-refractivity contribution >= 4 is 21.6 Å². The first kappa shape index (κ1) is 10.8. The first-order chi connectivity index (χ1) is 7.25. The molecule has 0 saturated heterocycles. The molecule has 0 bridgehead atoms. The summed E-state index contributed by atoms with van der Waals surface area (Å²) in [5.74, 6) is 1.79. The molecule has 2 rings (SSSR count). The van der Waals surface area contributed by atoms with Gasteiger partial charge in [-0.25, -0.2) is 0 Å². The van der Waals surface area contributed by atoms with Crippen LogP contribution in [0.2, 0.25) is 0 Å². The second kappa shape index (κ2) is 4.88. The van der Waals surface area contributed by atoms with Crippen LogP contribution in [0.5, 0.6) is 5.75 Å². The fourth-order valence-electron chi connectivity index (χ4n) is 1.75. The topological polar surface area (TPSA) is 35.2 Å². The summed E-state index contributed by atoms with van der Waals surface area (Å²) in [7, 11) is 0. The van der Waals surface area contributed by atoms with Gasteiger partial charge in [0.25, 0.3) is 0 Å². The molecule has 1 aliphatic rings. The molecule has 1 fully saturated rings. The molecule has 0 aromatic heterocycles. The zero-order valence-corrected chi connectivity index (χ0v) is 10.3. The van der Waals surface area contributed by atoms with Crippen molar-refractivity contribution in [2.75, 3.05) is 12.3 Å². The second-order valence-corrected chi connectivity index (χ2v) is 4.98. The van der Waals surface area contributed by atoms with E-state index in [9.17, 15) is 0 Å². The minimum atomic E-state index is 0.758. The molecule has 1 aromatic rings. The number of nitrogens with two attached hydrogens (primary N) is 1. The van der Waals surface area contributed by atoms with Gasteiger partial charge in [-0.3, -0.25) is 0 Å². The first-order valence-corrected chi connectivity index (χ1v) is 6.23. The average Bonchev–Trinajstić information content (AvgIpc) is 2.12. The Bertz CT molecular complexity index is 336. The van der Waals surface area contributed by atoms with Crippen molar-refractivity contribution < 1.29 is 4.74 Å². The predicted octanol–water partition coefficient (Wildman–Crippen LogP) is 3.60. The van der Waals surface area contributed by atoms with Crippen molar-refractivity contribution in [3.63, 3.8) is 0 Å². The minimum absolute atomic E-state index is 0.758.